The minimum atomic E-state index is -2.71. The number of nitrogens with zero attached hydrogens (tertiary/aromatic N) is 4. The van der Waals surface area contributed by atoms with Gasteiger partial charge in [-0.3, -0.25) is 44.0 Å². The van der Waals surface area contributed by atoms with E-state index in [1.54, 1.807) is 25.1 Å². The zero-order chi connectivity index (χ0) is 42.2. The van der Waals surface area contributed by atoms with Crippen molar-refractivity contribution in [2.45, 2.75) is 95.9 Å². The van der Waals surface area contributed by atoms with E-state index in [1.165, 1.54) is 29.2 Å². The number of aromatic hydroxyl groups is 1. The summed E-state index contributed by atoms with van der Waals surface area (Å²) in [4.78, 5) is 70.4. The molecule has 2 fully saturated rings. The summed E-state index contributed by atoms with van der Waals surface area (Å²) < 4.78 is 59.8. The molecule has 11 nitrogen and oxygen atoms in total. The van der Waals surface area contributed by atoms with Crippen molar-refractivity contribution < 1.29 is 46.6 Å². The van der Waals surface area contributed by atoms with E-state index in [0.29, 0.717) is 62.1 Å². The van der Waals surface area contributed by atoms with Crippen molar-refractivity contribution in [3.05, 3.63) is 105 Å². The largest absolute Gasteiger partial charge is 0.508 e. The van der Waals surface area contributed by atoms with Crippen LogP contribution in [0.1, 0.15) is 112 Å². The molecule has 5 aliphatic heterocycles. The Balaban J connectivity index is 0.820. The number of amides is 5. The van der Waals surface area contributed by atoms with Crippen molar-refractivity contribution in [3.8, 4) is 5.75 Å². The summed E-state index contributed by atoms with van der Waals surface area (Å²) in [5.74, 6) is -3.85. The molecule has 1 aliphatic carbocycles. The fourth-order valence-corrected chi connectivity index (χ4v) is 10.4. The topological polar surface area (TPSA) is 131 Å². The number of phenols is 1. The van der Waals surface area contributed by atoms with Gasteiger partial charge in [0, 0.05) is 44.2 Å². The standard InChI is InChI=1S/C45H45F4N5O6/c1-24-14-27-15-30(55)2-3-31(27)41(53(24)22-37(48)49)40-34(46)18-26(19-35(40)47)25-6-8-45(9-7-25)10-12-52(13-11-45)39(57)23-51-20-28-16-32-33(17-29(28)21-51)44(60)54(43(32)59)36-4-5-38(56)50-42(36)58/h2-3,6,15-19,24,36-37,41,55H,4-5,7-14,20-23H2,1H3,(H,50,56,58)/t24-,36?,41+/m1/s1. The molecular weight excluding hydrogens is 783 g/mol. The van der Waals surface area contributed by atoms with Crippen LogP contribution < -0.4 is 5.32 Å². The lowest BCUT2D eigenvalue weighted by Gasteiger charge is -2.44. The summed E-state index contributed by atoms with van der Waals surface area (Å²) in [6, 6.07) is 7.91. The first-order valence-electron chi connectivity index (χ1n) is 20.6. The summed E-state index contributed by atoms with van der Waals surface area (Å²) in [6.07, 6.45) is 3.44. The van der Waals surface area contributed by atoms with Gasteiger partial charge in [-0.1, -0.05) is 12.1 Å². The number of alkyl halides is 2. The minimum absolute atomic E-state index is 0.000496. The van der Waals surface area contributed by atoms with E-state index < -0.39 is 66.4 Å². The van der Waals surface area contributed by atoms with Crippen molar-refractivity contribution >= 4 is 35.1 Å². The van der Waals surface area contributed by atoms with Crippen LogP contribution in [0.15, 0.2) is 48.5 Å². The number of phenolic OH excluding ortho intramolecular Hbond substituents is 1. The van der Waals surface area contributed by atoms with Crippen molar-refractivity contribution in [1.29, 1.82) is 0 Å². The van der Waals surface area contributed by atoms with Gasteiger partial charge in [-0.2, -0.15) is 0 Å². The van der Waals surface area contributed by atoms with Crippen molar-refractivity contribution in [2.75, 3.05) is 26.2 Å². The average Bonchev–Trinajstić information content (AvgIpc) is 3.70. The van der Waals surface area contributed by atoms with Crippen LogP contribution in [0.25, 0.3) is 5.57 Å². The maximum atomic E-state index is 16.1. The first-order chi connectivity index (χ1) is 28.7. The van der Waals surface area contributed by atoms with Crippen LogP contribution in [-0.4, -0.2) is 98.9 Å². The Morgan fingerprint density at radius 3 is 2.17 bits per heavy atom. The average molecular weight is 828 g/mol. The van der Waals surface area contributed by atoms with E-state index >= 15 is 8.78 Å². The highest BCUT2D eigenvalue weighted by atomic mass is 19.3. The summed E-state index contributed by atoms with van der Waals surface area (Å²) in [6.45, 7) is 3.25. The van der Waals surface area contributed by atoms with Gasteiger partial charge in [-0.15, -0.1) is 0 Å². The van der Waals surface area contributed by atoms with Gasteiger partial charge in [-0.05, 0) is 127 Å². The second kappa shape index (κ2) is 15.2. The summed E-state index contributed by atoms with van der Waals surface area (Å²) in [7, 11) is 0. The number of rotatable bonds is 7. The molecule has 15 heteroatoms. The fraction of sp³-hybridized carbons (Fsp3) is 0.444. The molecule has 1 spiro atoms. The van der Waals surface area contributed by atoms with E-state index in [2.05, 4.69) is 5.32 Å². The van der Waals surface area contributed by atoms with Gasteiger partial charge in [0.15, 0.2) is 0 Å². The first-order valence-corrected chi connectivity index (χ1v) is 20.6. The number of likely N-dealkylation sites (tertiary alicyclic amines) is 1. The molecule has 0 saturated carbocycles. The van der Waals surface area contributed by atoms with Crippen LogP contribution in [0.4, 0.5) is 17.6 Å². The summed E-state index contributed by atoms with van der Waals surface area (Å²) in [5, 5.41) is 12.3. The molecule has 6 aliphatic rings. The van der Waals surface area contributed by atoms with E-state index in [1.807, 2.05) is 15.9 Å². The van der Waals surface area contributed by atoms with Crippen LogP contribution in [0.5, 0.6) is 5.75 Å². The number of allylic oxidation sites excluding steroid dienone is 2. The van der Waals surface area contributed by atoms with E-state index in [0.717, 1.165) is 40.9 Å². The molecule has 5 amide bonds. The Morgan fingerprint density at radius 2 is 1.57 bits per heavy atom. The van der Waals surface area contributed by atoms with Gasteiger partial charge in [-0.25, -0.2) is 17.6 Å². The Bertz CT molecular complexity index is 2310. The molecule has 2 saturated heterocycles. The lowest BCUT2D eigenvalue weighted by atomic mass is 9.68. The smallest absolute Gasteiger partial charge is 0.262 e. The lowest BCUT2D eigenvalue weighted by molar-refractivity contribution is -0.136. The van der Waals surface area contributed by atoms with E-state index in [-0.39, 0.29) is 53.1 Å². The number of fused-ring (bicyclic) bond motifs is 3. The molecule has 1 unspecified atom stereocenters. The van der Waals surface area contributed by atoms with Gasteiger partial charge >= 0.3 is 0 Å². The van der Waals surface area contributed by atoms with Gasteiger partial charge in [0.2, 0.25) is 17.7 Å². The molecule has 0 bridgehead atoms. The van der Waals surface area contributed by atoms with Crippen LogP contribution in [0.3, 0.4) is 0 Å². The molecule has 9 rings (SSSR count). The minimum Gasteiger partial charge on any atom is -0.508 e. The number of halogens is 4. The molecule has 3 aromatic carbocycles. The summed E-state index contributed by atoms with van der Waals surface area (Å²) in [5.41, 5.74) is 4.18. The van der Waals surface area contributed by atoms with Gasteiger partial charge in [0.1, 0.15) is 23.4 Å². The van der Waals surface area contributed by atoms with E-state index in [4.69, 9.17) is 0 Å². The third-order valence-electron chi connectivity index (χ3n) is 13.7. The molecule has 0 radical (unpaired) electrons. The molecule has 314 valence electrons. The number of hydrogen-bond acceptors (Lipinski definition) is 8. The number of piperidine rings is 2. The molecule has 0 aromatic heterocycles. The zero-order valence-corrected chi connectivity index (χ0v) is 33.1. The lowest BCUT2D eigenvalue weighted by Crippen LogP contribution is -2.54. The monoisotopic (exact) mass is 827 g/mol. The molecular formula is C45H45F4N5O6. The molecule has 3 aromatic rings. The Hall–Kier alpha value is -5.41. The third kappa shape index (κ3) is 7.08. The normalized spacial score (nSPS) is 24.2. The van der Waals surface area contributed by atoms with Crippen molar-refractivity contribution in [3.63, 3.8) is 0 Å². The van der Waals surface area contributed by atoms with Crippen LogP contribution in [0, 0.1) is 17.0 Å². The molecule has 5 heterocycles. The Labute approximate surface area is 344 Å². The SMILES string of the molecule is C[C@@H]1Cc2cc(O)ccc2[C@@H](c2c(F)cc(C3=CCC4(CC3)CCN(C(=O)CN3Cc5cc6c(cc5C3)C(=O)N(C3CCC(=O)NC3=O)C6=O)CC4)cc2F)N1CC(F)F. The first kappa shape index (κ1) is 40.0. The van der Waals surface area contributed by atoms with Gasteiger partial charge in [0.05, 0.1) is 30.3 Å². The Morgan fingerprint density at radius 1 is 0.900 bits per heavy atom. The molecule has 3 atom stereocenters. The van der Waals surface area contributed by atoms with Crippen molar-refractivity contribution in [1.82, 2.24) is 24.9 Å². The van der Waals surface area contributed by atoms with E-state index in [9.17, 15) is 37.9 Å². The molecule has 2 N–H and O–H groups in total. The maximum Gasteiger partial charge on any atom is 0.262 e. The number of nitrogens with one attached hydrogen (secondary N) is 1. The fourth-order valence-electron chi connectivity index (χ4n) is 10.4. The van der Waals surface area contributed by atoms with Gasteiger partial charge in [0.25, 0.3) is 18.2 Å². The maximum absolute atomic E-state index is 16.1. The number of imide groups is 2. The van der Waals surface area contributed by atoms with Crippen LogP contribution >= 0.6 is 0 Å². The second-order valence-corrected chi connectivity index (χ2v) is 17.4. The van der Waals surface area contributed by atoms with Crippen molar-refractivity contribution in [2.24, 2.45) is 5.41 Å². The molecule has 60 heavy (non-hydrogen) atoms. The zero-order valence-electron chi connectivity index (χ0n) is 33.1. The number of hydrogen-bond donors (Lipinski definition) is 2. The number of carbonyl (C=O) groups excluding carboxylic acids is 5. The summed E-state index contributed by atoms with van der Waals surface area (Å²) >= 11 is 0. The van der Waals surface area contributed by atoms with Gasteiger partial charge < -0.3 is 10.0 Å². The Kier molecular flexibility index (Phi) is 10.2. The highest BCUT2D eigenvalue weighted by Gasteiger charge is 2.46. The van der Waals surface area contributed by atoms with Crippen LogP contribution in [0.2, 0.25) is 0 Å². The number of carbonyl (C=O) groups is 5. The quantitative estimate of drug-likeness (QED) is 0.224. The third-order valence-corrected chi connectivity index (χ3v) is 13.7. The predicted octanol–water partition coefficient (Wildman–Crippen LogP) is 5.86. The number of benzene rings is 3. The second-order valence-electron chi connectivity index (χ2n) is 17.4. The highest BCUT2D eigenvalue weighted by Crippen LogP contribution is 2.47. The van der Waals surface area contributed by atoms with Crippen LogP contribution in [-0.2, 0) is 33.9 Å². The predicted molar refractivity (Wildman–Crippen MR) is 209 cm³/mol. The highest BCUT2D eigenvalue weighted by molar-refractivity contribution is 6.23.